The molecule has 0 saturated carbocycles. The largest absolute Gasteiger partial charge is 0.491 e. The first kappa shape index (κ1) is 15.3. The van der Waals surface area contributed by atoms with Crippen molar-refractivity contribution in [3.63, 3.8) is 0 Å². The van der Waals surface area contributed by atoms with E-state index in [2.05, 4.69) is 11.0 Å². The highest BCUT2D eigenvalue weighted by atomic mass is 16.5. The van der Waals surface area contributed by atoms with Crippen LogP contribution in [0.5, 0.6) is 5.75 Å². The number of fused-ring (bicyclic) bond motifs is 1. The first-order chi connectivity index (χ1) is 11.7. The molecule has 3 atom stereocenters. The molecule has 126 valence electrons. The minimum absolute atomic E-state index is 0.0289. The van der Waals surface area contributed by atoms with E-state index in [0.717, 1.165) is 22.5 Å². The van der Waals surface area contributed by atoms with Crippen LogP contribution >= 0.6 is 0 Å². The summed E-state index contributed by atoms with van der Waals surface area (Å²) in [7, 11) is 0. The number of furan rings is 1. The Kier molecular flexibility index (Phi) is 4.04. The number of aliphatic hydroxyl groups is 1. The molecule has 3 heterocycles. The van der Waals surface area contributed by atoms with Gasteiger partial charge in [0.1, 0.15) is 23.7 Å². The van der Waals surface area contributed by atoms with Crippen molar-refractivity contribution in [2.75, 3.05) is 19.8 Å². The van der Waals surface area contributed by atoms with Gasteiger partial charge in [0.25, 0.3) is 0 Å². The summed E-state index contributed by atoms with van der Waals surface area (Å²) >= 11 is 0. The zero-order valence-corrected chi connectivity index (χ0v) is 13.6. The van der Waals surface area contributed by atoms with Gasteiger partial charge in [-0.3, -0.25) is 0 Å². The molecule has 1 aromatic heterocycles. The van der Waals surface area contributed by atoms with Gasteiger partial charge in [-0.2, -0.15) is 0 Å². The number of aryl methyl sites for hydroxylation is 1. The predicted octanol–water partition coefficient (Wildman–Crippen LogP) is 2.63. The molecule has 1 N–H and O–H groups in total. The molecule has 0 spiro atoms. The van der Waals surface area contributed by atoms with Crippen LogP contribution in [0.3, 0.4) is 0 Å². The molecule has 5 heteroatoms. The summed E-state index contributed by atoms with van der Waals surface area (Å²) < 4.78 is 17.0. The summed E-state index contributed by atoms with van der Waals surface area (Å²) in [4.78, 5) is 2.12. The third-order valence-corrected chi connectivity index (χ3v) is 4.52. The predicted molar refractivity (Wildman–Crippen MR) is 91.0 cm³/mol. The van der Waals surface area contributed by atoms with Crippen molar-refractivity contribution < 1.29 is 19.0 Å². The Bertz CT molecular complexity index is 779. The third-order valence-electron chi connectivity index (χ3n) is 4.52. The van der Waals surface area contributed by atoms with E-state index in [-0.39, 0.29) is 12.1 Å². The van der Waals surface area contributed by atoms with Crippen LogP contribution in [-0.2, 0) is 4.74 Å². The van der Waals surface area contributed by atoms with E-state index in [4.69, 9.17) is 13.9 Å². The number of hydrogen-bond acceptors (Lipinski definition) is 5. The zero-order chi connectivity index (χ0) is 16.5. The fraction of sp³-hybridized carbons (Fsp3) is 0.368. The van der Waals surface area contributed by atoms with E-state index in [1.54, 1.807) is 0 Å². The lowest BCUT2D eigenvalue weighted by Gasteiger charge is -2.36. The Balaban J connectivity index is 1.46. The van der Waals surface area contributed by atoms with Gasteiger partial charge in [-0.05, 0) is 37.3 Å². The zero-order valence-electron chi connectivity index (χ0n) is 13.6. The van der Waals surface area contributed by atoms with E-state index in [9.17, 15) is 5.11 Å². The van der Waals surface area contributed by atoms with Gasteiger partial charge < -0.3 is 23.9 Å². The number of allylic oxidation sites excluding steroid dienone is 2. The smallest absolute Gasteiger partial charge is 0.134 e. The molecule has 0 bridgehead atoms. The van der Waals surface area contributed by atoms with Gasteiger partial charge in [0.2, 0.25) is 0 Å². The topological polar surface area (TPSA) is 55.1 Å². The third kappa shape index (κ3) is 2.92. The summed E-state index contributed by atoms with van der Waals surface area (Å²) in [5.74, 6) is 1.71. The highest BCUT2D eigenvalue weighted by Crippen LogP contribution is 2.25. The minimum Gasteiger partial charge on any atom is -0.491 e. The normalized spacial score (nSPS) is 26.4. The maximum absolute atomic E-state index is 10.1. The molecule has 5 nitrogen and oxygen atoms in total. The first-order valence-electron chi connectivity index (χ1n) is 8.22. The molecule has 24 heavy (non-hydrogen) atoms. The van der Waals surface area contributed by atoms with E-state index < -0.39 is 6.10 Å². The molecule has 0 amide bonds. The van der Waals surface area contributed by atoms with Crippen molar-refractivity contribution in [1.82, 2.24) is 4.90 Å². The number of benzene rings is 1. The van der Waals surface area contributed by atoms with Crippen LogP contribution in [-0.4, -0.2) is 48.0 Å². The van der Waals surface area contributed by atoms with Crippen LogP contribution in [0.4, 0.5) is 0 Å². The summed E-state index contributed by atoms with van der Waals surface area (Å²) in [6, 6.07) is 7.89. The van der Waals surface area contributed by atoms with Crippen molar-refractivity contribution in [3.8, 4) is 5.75 Å². The number of hydrogen-bond donors (Lipinski definition) is 1. The molecular weight excluding hydrogens is 306 g/mol. The quantitative estimate of drug-likeness (QED) is 0.935. The van der Waals surface area contributed by atoms with Gasteiger partial charge in [-0.15, -0.1) is 0 Å². The van der Waals surface area contributed by atoms with Crippen LogP contribution in [0.25, 0.3) is 11.0 Å². The maximum Gasteiger partial charge on any atom is 0.134 e. The van der Waals surface area contributed by atoms with Crippen LogP contribution in [0.1, 0.15) is 5.76 Å². The number of rotatable bonds is 4. The Hall–Kier alpha value is -2.24. The highest BCUT2D eigenvalue weighted by Gasteiger charge is 2.34. The van der Waals surface area contributed by atoms with Gasteiger partial charge in [0.05, 0.1) is 31.4 Å². The molecule has 1 aromatic carbocycles. The summed E-state index contributed by atoms with van der Waals surface area (Å²) in [6.07, 6.45) is 7.61. The molecule has 4 rings (SSSR count). The van der Waals surface area contributed by atoms with Gasteiger partial charge in [-0.25, -0.2) is 0 Å². The van der Waals surface area contributed by atoms with Crippen molar-refractivity contribution in [2.45, 2.75) is 25.1 Å². The lowest BCUT2D eigenvalue weighted by Crippen LogP contribution is -2.47. The molecule has 2 aliphatic rings. The van der Waals surface area contributed by atoms with Crippen molar-refractivity contribution >= 4 is 11.0 Å². The van der Waals surface area contributed by atoms with E-state index >= 15 is 0 Å². The fourth-order valence-electron chi connectivity index (χ4n) is 3.29. The Morgan fingerprint density at radius 3 is 3.00 bits per heavy atom. The first-order valence-corrected chi connectivity index (χ1v) is 8.22. The van der Waals surface area contributed by atoms with E-state index in [1.165, 1.54) is 0 Å². The van der Waals surface area contributed by atoms with E-state index in [1.807, 2.05) is 49.5 Å². The number of aliphatic hydroxyl groups excluding tert-OH is 1. The molecule has 1 fully saturated rings. The summed E-state index contributed by atoms with van der Waals surface area (Å²) in [5, 5.41) is 11.1. The minimum atomic E-state index is -0.464. The second-order valence-corrected chi connectivity index (χ2v) is 6.28. The molecule has 0 aliphatic carbocycles. The SMILES string of the molecule is Cc1cc2cc(OCC3C=CC=CN3[C@@H]3COC[C@@H]3O)ccc2o1. The second-order valence-electron chi connectivity index (χ2n) is 6.28. The number of ether oxygens (including phenoxy) is 2. The van der Waals surface area contributed by atoms with Crippen molar-refractivity contribution in [3.05, 3.63) is 54.5 Å². The molecule has 2 aromatic rings. The fourth-order valence-corrected chi connectivity index (χ4v) is 3.29. The van der Waals surface area contributed by atoms with Gasteiger partial charge in [0.15, 0.2) is 0 Å². The molecular formula is C19H21NO4. The Labute approximate surface area is 140 Å². The molecule has 2 aliphatic heterocycles. The van der Waals surface area contributed by atoms with Gasteiger partial charge in [0, 0.05) is 11.6 Å². The monoisotopic (exact) mass is 327 g/mol. The second kappa shape index (κ2) is 6.34. The molecule has 1 unspecified atom stereocenters. The summed E-state index contributed by atoms with van der Waals surface area (Å²) in [5.41, 5.74) is 0.869. The number of nitrogens with zero attached hydrogens (tertiary/aromatic N) is 1. The standard InChI is InChI=1S/C19H21NO4/c1-13-8-14-9-16(5-6-19(14)24-13)23-10-15-4-2-3-7-20(15)17-11-22-12-18(17)21/h2-9,15,17-18,21H,10-12H2,1H3/t15?,17-,18+/m1/s1. The van der Waals surface area contributed by atoms with Crippen LogP contribution in [0.2, 0.25) is 0 Å². The van der Waals surface area contributed by atoms with E-state index in [0.29, 0.717) is 19.8 Å². The van der Waals surface area contributed by atoms with Crippen molar-refractivity contribution in [1.29, 1.82) is 0 Å². The van der Waals surface area contributed by atoms with Crippen LogP contribution in [0.15, 0.2) is 53.1 Å². The Morgan fingerprint density at radius 2 is 2.17 bits per heavy atom. The lowest BCUT2D eigenvalue weighted by atomic mass is 10.1. The van der Waals surface area contributed by atoms with Gasteiger partial charge >= 0.3 is 0 Å². The van der Waals surface area contributed by atoms with Crippen molar-refractivity contribution in [2.24, 2.45) is 0 Å². The molecule has 0 radical (unpaired) electrons. The van der Waals surface area contributed by atoms with Crippen LogP contribution in [0, 0.1) is 6.92 Å². The molecule has 1 saturated heterocycles. The highest BCUT2D eigenvalue weighted by molar-refractivity contribution is 5.79. The lowest BCUT2D eigenvalue weighted by molar-refractivity contribution is 0.0819. The van der Waals surface area contributed by atoms with Gasteiger partial charge in [-0.1, -0.05) is 12.2 Å². The van der Waals surface area contributed by atoms with Crippen LogP contribution < -0.4 is 4.74 Å². The summed E-state index contributed by atoms with van der Waals surface area (Å²) in [6.45, 7) is 3.37. The average molecular weight is 327 g/mol. The Morgan fingerprint density at radius 1 is 1.25 bits per heavy atom. The maximum atomic E-state index is 10.1. The average Bonchev–Trinajstić information content (AvgIpc) is 3.17.